The van der Waals surface area contributed by atoms with Gasteiger partial charge in [0.1, 0.15) is 0 Å². The van der Waals surface area contributed by atoms with E-state index in [0.717, 1.165) is 19.5 Å². The number of benzene rings is 1. The molecule has 0 aromatic heterocycles. The fraction of sp³-hybridized carbons (Fsp3) is 0.385. The molecule has 0 spiro atoms. The maximum Gasteiger partial charge on any atom is 0.335 e. The molecule has 3 N–H and O–H groups in total. The zero-order valence-electron chi connectivity index (χ0n) is 10.9. The fourth-order valence-corrected chi connectivity index (χ4v) is 2.53. The molecule has 0 saturated carbocycles. The average Bonchev–Trinajstić information content (AvgIpc) is 2.66. The van der Waals surface area contributed by atoms with Gasteiger partial charge in [0.15, 0.2) is 0 Å². The van der Waals surface area contributed by atoms with E-state index in [0.29, 0.717) is 23.2 Å². The number of carboxylic acid groups (broad SMARTS) is 1. The largest absolute Gasteiger partial charge is 0.478 e. The summed E-state index contributed by atoms with van der Waals surface area (Å²) in [5.74, 6) is -1.03. The van der Waals surface area contributed by atoms with E-state index in [1.807, 2.05) is 0 Å². The predicted octanol–water partition coefficient (Wildman–Crippen LogP) is 1.97. The van der Waals surface area contributed by atoms with Crippen LogP contribution < -0.4 is 10.6 Å². The van der Waals surface area contributed by atoms with Crippen molar-refractivity contribution in [3.05, 3.63) is 28.2 Å². The van der Waals surface area contributed by atoms with Crippen LogP contribution in [0.25, 0.3) is 0 Å². The van der Waals surface area contributed by atoms with Gasteiger partial charge in [-0.3, -0.25) is 0 Å². The van der Waals surface area contributed by atoms with Crippen LogP contribution in [-0.2, 0) is 0 Å². The Hall–Kier alpha value is -1.60. The molecular formula is C13H16BrN3O3. The third-order valence-corrected chi connectivity index (χ3v) is 3.48. The molecule has 0 radical (unpaired) electrons. The molecule has 0 aliphatic carbocycles. The van der Waals surface area contributed by atoms with Gasteiger partial charge in [-0.05, 0) is 31.2 Å². The number of nitrogens with one attached hydrogen (secondary N) is 2. The Kier molecular flexibility index (Phi) is 4.97. The molecule has 2 rings (SSSR count). The standard InChI is InChI=1S/C13H16BrN3O3/c14-10-6-9(12(18)19)7-11(8-10)16-13(20)17-4-1-2-15-3-5-17/h6-8,15H,1-5H2,(H,16,20)(H,18,19). The number of amides is 2. The third kappa shape index (κ3) is 3.94. The average molecular weight is 342 g/mol. The monoisotopic (exact) mass is 341 g/mol. The first-order chi connectivity index (χ1) is 9.56. The summed E-state index contributed by atoms with van der Waals surface area (Å²) in [6.45, 7) is 3.01. The van der Waals surface area contributed by atoms with Crippen molar-refractivity contribution in [1.82, 2.24) is 10.2 Å². The number of hydrogen-bond donors (Lipinski definition) is 3. The zero-order chi connectivity index (χ0) is 14.5. The van der Waals surface area contributed by atoms with Gasteiger partial charge in [-0.1, -0.05) is 15.9 Å². The van der Waals surface area contributed by atoms with E-state index in [1.165, 1.54) is 12.1 Å². The molecule has 6 nitrogen and oxygen atoms in total. The first kappa shape index (κ1) is 14.8. The second-order valence-corrected chi connectivity index (χ2v) is 5.47. The minimum Gasteiger partial charge on any atom is -0.478 e. The van der Waals surface area contributed by atoms with Crippen LogP contribution in [0.1, 0.15) is 16.8 Å². The highest BCUT2D eigenvalue weighted by Crippen LogP contribution is 2.20. The van der Waals surface area contributed by atoms with Crippen molar-refractivity contribution in [1.29, 1.82) is 0 Å². The lowest BCUT2D eigenvalue weighted by molar-refractivity contribution is 0.0697. The van der Waals surface area contributed by atoms with E-state index in [1.54, 1.807) is 11.0 Å². The number of urea groups is 1. The van der Waals surface area contributed by atoms with Crippen LogP contribution in [0, 0.1) is 0 Å². The maximum atomic E-state index is 12.1. The molecule has 1 fully saturated rings. The van der Waals surface area contributed by atoms with Crippen molar-refractivity contribution in [2.75, 3.05) is 31.5 Å². The Morgan fingerprint density at radius 2 is 2.05 bits per heavy atom. The predicted molar refractivity (Wildman–Crippen MR) is 79.2 cm³/mol. The summed E-state index contributed by atoms with van der Waals surface area (Å²) in [5.41, 5.74) is 0.603. The molecule has 1 aromatic rings. The van der Waals surface area contributed by atoms with E-state index in [-0.39, 0.29) is 11.6 Å². The van der Waals surface area contributed by atoms with Gasteiger partial charge in [0.2, 0.25) is 0 Å². The quantitative estimate of drug-likeness (QED) is 0.768. The van der Waals surface area contributed by atoms with Crippen molar-refractivity contribution >= 4 is 33.6 Å². The Morgan fingerprint density at radius 1 is 1.25 bits per heavy atom. The summed E-state index contributed by atoms with van der Waals surface area (Å²) in [6.07, 6.45) is 0.909. The Morgan fingerprint density at radius 3 is 2.80 bits per heavy atom. The molecule has 7 heteroatoms. The Labute approximate surface area is 125 Å². The molecular weight excluding hydrogens is 326 g/mol. The van der Waals surface area contributed by atoms with Crippen LogP contribution in [0.15, 0.2) is 22.7 Å². The number of carboxylic acids is 1. The van der Waals surface area contributed by atoms with Crippen LogP contribution in [0.3, 0.4) is 0 Å². The van der Waals surface area contributed by atoms with E-state index in [9.17, 15) is 9.59 Å². The highest BCUT2D eigenvalue weighted by molar-refractivity contribution is 9.10. The number of anilines is 1. The molecule has 1 aromatic carbocycles. The molecule has 0 bridgehead atoms. The second kappa shape index (κ2) is 6.71. The highest BCUT2D eigenvalue weighted by Gasteiger charge is 2.16. The van der Waals surface area contributed by atoms with Crippen LogP contribution >= 0.6 is 15.9 Å². The number of carbonyl (C=O) groups is 2. The van der Waals surface area contributed by atoms with Gasteiger partial charge in [0.25, 0.3) is 0 Å². The molecule has 1 saturated heterocycles. The number of halogens is 1. The van der Waals surface area contributed by atoms with Gasteiger partial charge in [0.05, 0.1) is 5.56 Å². The normalized spacial score (nSPS) is 15.6. The maximum absolute atomic E-state index is 12.1. The number of rotatable bonds is 2. The van der Waals surface area contributed by atoms with E-state index < -0.39 is 5.97 Å². The molecule has 1 heterocycles. The molecule has 2 amide bonds. The number of nitrogens with zero attached hydrogens (tertiary/aromatic N) is 1. The smallest absolute Gasteiger partial charge is 0.335 e. The molecule has 0 unspecified atom stereocenters. The molecule has 0 atom stereocenters. The SMILES string of the molecule is O=C(O)c1cc(Br)cc(NC(=O)N2CCCNCC2)c1. The van der Waals surface area contributed by atoms with Gasteiger partial charge < -0.3 is 20.6 Å². The van der Waals surface area contributed by atoms with Crippen LogP contribution in [0.4, 0.5) is 10.5 Å². The summed E-state index contributed by atoms with van der Waals surface area (Å²) in [5, 5.41) is 15.0. The Balaban J connectivity index is 2.08. The van der Waals surface area contributed by atoms with Crippen molar-refractivity contribution in [2.24, 2.45) is 0 Å². The molecule has 1 aliphatic heterocycles. The van der Waals surface area contributed by atoms with Crippen molar-refractivity contribution in [3.63, 3.8) is 0 Å². The van der Waals surface area contributed by atoms with E-state index >= 15 is 0 Å². The van der Waals surface area contributed by atoms with E-state index in [2.05, 4.69) is 26.6 Å². The number of hydrogen-bond acceptors (Lipinski definition) is 3. The van der Waals surface area contributed by atoms with Gasteiger partial charge in [-0.2, -0.15) is 0 Å². The number of carbonyl (C=O) groups excluding carboxylic acids is 1. The molecule has 1 aliphatic rings. The summed E-state index contributed by atoms with van der Waals surface area (Å²) in [4.78, 5) is 24.8. The van der Waals surface area contributed by atoms with Gasteiger partial charge >= 0.3 is 12.0 Å². The van der Waals surface area contributed by atoms with Crippen LogP contribution in [0.2, 0.25) is 0 Å². The minimum atomic E-state index is -1.03. The highest BCUT2D eigenvalue weighted by atomic mass is 79.9. The summed E-state index contributed by atoms with van der Waals surface area (Å²) >= 11 is 3.24. The van der Waals surface area contributed by atoms with Gasteiger partial charge in [0, 0.05) is 29.8 Å². The lowest BCUT2D eigenvalue weighted by atomic mass is 10.2. The molecule has 20 heavy (non-hydrogen) atoms. The first-order valence-electron chi connectivity index (χ1n) is 6.37. The minimum absolute atomic E-state index is 0.132. The van der Waals surface area contributed by atoms with Crippen molar-refractivity contribution < 1.29 is 14.7 Å². The van der Waals surface area contributed by atoms with Crippen LogP contribution in [-0.4, -0.2) is 48.2 Å². The van der Waals surface area contributed by atoms with Crippen molar-refractivity contribution in [3.8, 4) is 0 Å². The summed E-state index contributed by atoms with van der Waals surface area (Å²) in [7, 11) is 0. The van der Waals surface area contributed by atoms with E-state index in [4.69, 9.17) is 5.11 Å². The fourth-order valence-electron chi connectivity index (χ4n) is 2.04. The lowest BCUT2D eigenvalue weighted by Gasteiger charge is -2.20. The second-order valence-electron chi connectivity index (χ2n) is 4.55. The Bertz CT molecular complexity index is 514. The summed E-state index contributed by atoms with van der Waals surface area (Å²) < 4.78 is 0.616. The lowest BCUT2D eigenvalue weighted by Crippen LogP contribution is -2.37. The third-order valence-electron chi connectivity index (χ3n) is 3.02. The number of aromatic carboxylic acids is 1. The molecule has 108 valence electrons. The van der Waals surface area contributed by atoms with Crippen LogP contribution in [0.5, 0.6) is 0 Å². The van der Waals surface area contributed by atoms with Gasteiger partial charge in [-0.15, -0.1) is 0 Å². The van der Waals surface area contributed by atoms with Crippen molar-refractivity contribution in [2.45, 2.75) is 6.42 Å². The summed E-state index contributed by atoms with van der Waals surface area (Å²) in [6, 6.07) is 4.41. The van der Waals surface area contributed by atoms with Gasteiger partial charge in [-0.25, -0.2) is 9.59 Å². The zero-order valence-corrected chi connectivity index (χ0v) is 12.4. The topological polar surface area (TPSA) is 81.7 Å². The first-order valence-corrected chi connectivity index (χ1v) is 7.16.